The molecule has 2 rings (SSSR count). The van der Waals surface area contributed by atoms with Crippen LogP contribution in [0.2, 0.25) is 0 Å². The van der Waals surface area contributed by atoms with Crippen molar-refractivity contribution in [1.29, 1.82) is 0 Å². The lowest BCUT2D eigenvalue weighted by Crippen LogP contribution is -2.38. The summed E-state index contributed by atoms with van der Waals surface area (Å²) in [6.45, 7) is 11.7. The van der Waals surface area contributed by atoms with Crippen molar-refractivity contribution in [2.75, 3.05) is 26.7 Å². The largest absolute Gasteiger partial charge is 0.319 e. The van der Waals surface area contributed by atoms with Crippen LogP contribution in [0.4, 0.5) is 0 Å². The van der Waals surface area contributed by atoms with Crippen LogP contribution >= 0.6 is 11.3 Å². The van der Waals surface area contributed by atoms with E-state index in [9.17, 15) is 0 Å². The second kappa shape index (κ2) is 6.38. The second-order valence-electron chi connectivity index (χ2n) is 6.82. The predicted octanol–water partition coefficient (Wildman–Crippen LogP) is 3.48. The predicted molar refractivity (Wildman–Crippen MR) is 84.9 cm³/mol. The lowest BCUT2D eigenvalue weighted by molar-refractivity contribution is 0.168. The summed E-state index contributed by atoms with van der Waals surface area (Å²) < 4.78 is 0. The van der Waals surface area contributed by atoms with Gasteiger partial charge in [-0.15, -0.1) is 11.3 Å². The Balaban J connectivity index is 1.92. The number of hydrogen-bond donors (Lipinski definition) is 1. The van der Waals surface area contributed by atoms with Gasteiger partial charge in [0.1, 0.15) is 0 Å². The van der Waals surface area contributed by atoms with Crippen LogP contribution in [-0.2, 0) is 12.0 Å². The van der Waals surface area contributed by atoms with Gasteiger partial charge in [0, 0.05) is 22.8 Å². The molecule has 0 aliphatic carbocycles. The van der Waals surface area contributed by atoms with Crippen LogP contribution in [0.3, 0.4) is 0 Å². The highest BCUT2D eigenvalue weighted by Gasteiger charge is 2.21. The fourth-order valence-corrected chi connectivity index (χ4v) is 3.94. The van der Waals surface area contributed by atoms with Crippen LogP contribution in [0.15, 0.2) is 12.1 Å². The number of thiophene rings is 1. The Morgan fingerprint density at radius 2 is 2.16 bits per heavy atom. The minimum absolute atomic E-state index is 0.291. The Bertz CT molecular complexity index is 390. The lowest BCUT2D eigenvalue weighted by atomic mass is 9.95. The molecule has 1 aliphatic rings. The van der Waals surface area contributed by atoms with E-state index in [1.807, 2.05) is 11.3 Å². The van der Waals surface area contributed by atoms with Crippen molar-refractivity contribution < 1.29 is 0 Å². The molecule has 2 nitrogen and oxygen atoms in total. The van der Waals surface area contributed by atoms with Gasteiger partial charge in [-0.25, -0.2) is 0 Å². The molecule has 108 valence electrons. The molecule has 1 aromatic rings. The molecular formula is C16H28N2S. The molecule has 0 saturated carbocycles. The van der Waals surface area contributed by atoms with Gasteiger partial charge in [0.2, 0.25) is 0 Å². The number of piperidine rings is 1. The van der Waals surface area contributed by atoms with Crippen LogP contribution in [0.5, 0.6) is 0 Å². The summed E-state index contributed by atoms with van der Waals surface area (Å²) in [4.78, 5) is 5.66. The summed E-state index contributed by atoms with van der Waals surface area (Å²) in [5.41, 5.74) is 0.291. The Morgan fingerprint density at radius 1 is 1.37 bits per heavy atom. The van der Waals surface area contributed by atoms with Crippen LogP contribution in [0, 0.1) is 5.92 Å². The van der Waals surface area contributed by atoms with Gasteiger partial charge in [0.15, 0.2) is 0 Å². The lowest BCUT2D eigenvalue weighted by Gasteiger charge is -2.32. The van der Waals surface area contributed by atoms with Gasteiger partial charge >= 0.3 is 0 Å². The highest BCUT2D eigenvalue weighted by atomic mass is 32.1. The number of rotatable bonds is 4. The fraction of sp³-hybridized carbons (Fsp3) is 0.750. The Morgan fingerprint density at radius 3 is 2.79 bits per heavy atom. The highest BCUT2D eigenvalue weighted by Crippen LogP contribution is 2.30. The molecule has 0 bridgehead atoms. The maximum absolute atomic E-state index is 3.32. The van der Waals surface area contributed by atoms with Crippen molar-refractivity contribution >= 4 is 11.3 Å². The van der Waals surface area contributed by atoms with Gasteiger partial charge in [-0.05, 0) is 56.4 Å². The summed E-state index contributed by atoms with van der Waals surface area (Å²) in [5.74, 6) is 0.834. The number of hydrogen-bond acceptors (Lipinski definition) is 3. The van der Waals surface area contributed by atoms with Crippen LogP contribution in [0.1, 0.15) is 43.4 Å². The Labute approximate surface area is 122 Å². The number of nitrogens with zero attached hydrogens (tertiary/aromatic N) is 1. The van der Waals surface area contributed by atoms with E-state index in [4.69, 9.17) is 0 Å². The zero-order chi connectivity index (χ0) is 13.9. The topological polar surface area (TPSA) is 15.3 Å². The van der Waals surface area contributed by atoms with E-state index in [-0.39, 0.29) is 0 Å². The summed E-state index contributed by atoms with van der Waals surface area (Å²) in [6, 6.07) is 4.64. The Hall–Kier alpha value is -0.380. The zero-order valence-electron chi connectivity index (χ0n) is 12.8. The van der Waals surface area contributed by atoms with E-state index in [2.05, 4.69) is 50.2 Å². The number of likely N-dealkylation sites (tertiary alicyclic amines) is 1. The van der Waals surface area contributed by atoms with Gasteiger partial charge in [0.05, 0.1) is 0 Å². The molecular weight excluding hydrogens is 252 g/mol. The molecule has 0 aromatic carbocycles. The SMILES string of the molecule is CNCC1CCCN(Cc2ccc(C(C)(C)C)s2)C1. The molecule has 3 heteroatoms. The van der Waals surface area contributed by atoms with E-state index in [1.165, 1.54) is 35.7 Å². The fourth-order valence-electron chi connectivity index (χ4n) is 2.84. The van der Waals surface area contributed by atoms with E-state index >= 15 is 0 Å². The minimum atomic E-state index is 0.291. The molecule has 1 unspecified atom stereocenters. The molecule has 19 heavy (non-hydrogen) atoms. The van der Waals surface area contributed by atoms with Crippen molar-refractivity contribution in [3.05, 3.63) is 21.9 Å². The molecule has 1 aromatic heterocycles. The van der Waals surface area contributed by atoms with Gasteiger partial charge in [-0.3, -0.25) is 4.90 Å². The molecule has 1 aliphatic heterocycles. The van der Waals surface area contributed by atoms with Gasteiger partial charge in [0.25, 0.3) is 0 Å². The summed E-state index contributed by atoms with van der Waals surface area (Å²) in [6.07, 6.45) is 2.73. The van der Waals surface area contributed by atoms with Gasteiger partial charge in [-0.1, -0.05) is 20.8 Å². The normalized spacial score (nSPS) is 21.8. The van der Waals surface area contributed by atoms with E-state index in [0.29, 0.717) is 5.41 Å². The van der Waals surface area contributed by atoms with Crippen molar-refractivity contribution in [3.8, 4) is 0 Å². The van der Waals surface area contributed by atoms with Crippen molar-refractivity contribution in [1.82, 2.24) is 10.2 Å². The third kappa shape index (κ3) is 4.30. The molecule has 0 spiro atoms. The first-order valence-electron chi connectivity index (χ1n) is 7.45. The number of nitrogens with one attached hydrogen (secondary N) is 1. The first kappa shape index (κ1) is 15.0. The maximum atomic E-state index is 3.32. The highest BCUT2D eigenvalue weighted by molar-refractivity contribution is 7.12. The van der Waals surface area contributed by atoms with Crippen LogP contribution < -0.4 is 5.32 Å². The molecule has 1 atom stereocenters. The first-order valence-corrected chi connectivity index (χ1v) is 8.27. The quantitative estimate of drug-likeness (QED) is 0.908. The molecule has 2 heterocycles. The summed E-state index contributed by atoms with van der Waals surface area (Å²) >= 11 is 1.99. The zero-order valence-corrected chi connectivity index (χ0v) is 13.6. The average Bonchev–Trinajstić information content (AvgIpc) is 2.78. The molecule has 1 N–H and O–H groups in total. The van der Waals surface area contributed by atoms with Crippen LogP contribution in [-0.4, -0.2) is 31.6 Å². The smallest absolute Gasteiger partial charge is 0.0328 e. The maximum Gasteiger partial charge on any atom is 0.0328 e. The molecule has 0 amide bonds. The van der Waals surface area contributed by atoms with E-state index < -0.39 is 0 Å². The van der Waals surface area contributed by atoms with Gasteiger partial charge < -0.3 is 5.32 Å². The monoisotopic (exact) mass is 280 g/mol. The molecule has 1 saturated heterocycles. The second-order valence-corrected chi connectivity index (χ2v) is 7.99. The third-order valence-corrected chi connectivity index (χ3v) is 5.37. The van der Waals surface area contributed by atoms with Crippen LogP contribution in [0.25, 0.3) is 0 Å². The Kier molecular flexibility index (Phi) is 5.04. The molecule has 1 fully saturated rings. The minimum Gasteiger partial charge on any atom is -0.319 e. The van der Waals surface area contributed by atoms with Crippen molar-refractivity contribution in [2.24, 2.45) is 5.92 Å². The van der Waals surface area contributed by atoms with E-state index in [0.717, 1.165) is 19.0 Å². The average molecular weight is 280 g/mol. The summed E-state index contributed by atoms with van der Waals surface area (Å²) in [5, 5.41) is 3.32. The van der Waals surface area contributed by atoms with Gasteiger partial charge in [-0.2, -0.15) is 0 Å². The van der Waals surface area contributed by atoms with Crippen molar-refractivity contribution in [3.63, 3.8) is 0 Å². The summed E-state index contributed by atoms with van der Waals surface area (Å²) in [7, 11) is 2.06. The first-order chi connectivity index (χ1) is 8.99. The standard InChI is InChI=1S/C16H28N2S/c1-16(2,3)15-8-7-14(19-15)12-18-9-5-6-13(11-18)10-17-4/h7-8,13,17H,5-6,9-12H2,1-4H3. The molecule has 0 radical (unpaired) electrons. The van der Waals surface area contributed by atoms with Crippen molar-refractivity contribution in [2.45, 2.75) is 45.6 Å². The van der Waals surface area contributed by atoms with E-state index in [1.54, 1.807) is 0 Å². The third-order valence-electron chi connectivity index (χ3n) is 3.88.